The molecule has 2 heterocycles. The van der Waals surface area contributed by atoms with E-state index in [1.807, 2.05) is 56.5 Å². The Balaban J connectivity index is 1.75. The van der Waals surface area contributed by atoms with Crippen LogP contribution in [-0.2, 0) is 6.54 Å². The third-order valence-corrected chi connectivity index (χ3v) is 5.63. The Labute approximate surface area is 149 Å². The topological polar surface area (TPSA) is 60.7 Å². The number of ketones is 1. The second kappa shape index (κ2) is 7.27. The van der Waals surface area contributed by atoms with Gasteiger partial charge in [-0.1, -0.05) is 35.5 Å². The normalized spacial score (nSPS) is 12.3. The summed E-state index contributed by atoms with van der Waals surface area (Å²) >= 11 is 3.06. The monoisotopic (exact) mass is 358 g/mol. The van der Waals surface area contributed by atoms with E-state index in [1.165, 1.54) is 16.6 Å². The van der Waals surface area contributed by atoms with Gasteiger partial charge >= 0.3 is 0 Å². The van der Waals surface area contributed by atoms with Crippen LogP contribution in [0.4, 0.5) is 0 Å². The van der Waals surface area contributed by atoms with E-state index in [2.05, 4.69) is 15.5 Å². The van der Waals surface area contributed by atoms with Crippen molar-refractivity contribution in [2.24, 2.45) is 0 Å². The number of aromatic nitrogens is 4. The molecular formula is C17H18N4OS2. The zero-order valence-corrected chi connectivity index (χ0v) is 15.4. The standard InChI is InChI=1S/C17H18N4OS2/c1-11-6-7-12(2)15(9-11)16(22)13(3)24-17-18-19-20-21(17)10-14-5-4-8-23-14/h4-9,13H,10H2,1-3H3. The predicted octanol–water partition coefficient (Wildman–Crippen LogP) is 3.76. The van der Waals surface area contributed by atoms with Gasteiger partial charge in [-0.05, 0) is 54.3 Å². The molecule has 3 aromatic rings. The summed E-state index contributed by atoms with van der Waals surface area (Å²) < 4.78 is 1.74. The van der Waals surface area contributed by atoms with Crippen LogP contribution in [-0.4, -0.2) is 31.2 Å². The molecule has 1 aromatic carbocycles. The Morgan fingerprint density at radius 1 is 1.33 bits per heavy atom. The molecule has 0 fully saturated rings. The van der Waals surface area contributed by atoms with Crippen molar-refractivity contribution in [1.29, 1.82) is 0 Å². The Morgan fingerprint density at radius 3 is 2.92 bits per heavy atom. The Kier molecular flexibility index (Phi) is 5.11. The van der Waals surface area contributed by atoms with E-state index in [1.54, 1.807) is 16.0 Å². The van der Waals surface area contributed by atoms with Crippen LogP contribution in [0.25, 0.3) is 0 Å². The van der Waals surface area contributed by atoms with Gasteiger partial charge in [0.15, 0.2) is 5.78 Å². The van der Waals surface area contributed by atoms with Crippen LogP contribution in [0, 0.1) is 13.8 Å². The Bertz CT molecular complexity index is 842. The van der Waals surface area contributed by atoms with Gasteiger partial charge in [-0.3, -0.25) is 4.79 Å². The average Bonchev–Trinajstić information content (AvgIpc) is 3.22. The molecule has 0 N–H and O–H groups in total. The molecular weight excluding hydrogens is 340 g/mol. The quantitative estimate of drug-likeness (QED) is 0.496. The van der Waals surface area contributed by atoms with Gasteiger partial charge in [-0.2, -0.15) is 0 Å². The number of hydrogen-bond acceptors (Lipinski definition) is 6. The molecule has 0 amide bonds. The zero-order chi connectivity index (χ0) is 17.1. The van der Waals surface area contributed by atoms with Crippen LogP contribution in [0.5, 0.6) is 0 Å². The highest BCUT2D eigenvalue weighted by molar-refractivity contribution is 8.00. The van der Waals surface area contributed by atoms with Gasteiger partial charge < -0.3 is 0 Å². The molecule has 5 nitrogen and oxygen atoms in total. The molecule has 124 valence electrons. The minimum Gasteiger partial charge on any atom is -0.293 e. The van der Waals surface area contributed by atoms with Crippen molar-refractivity contribution in [3.8, 4) is 0 Å². The number of nitrogens with zero attached hydrogens (tertiary/aromatic N) is 4. The van der Waals surface area contributed by atoms with Gasteiger partial charge in [0.05, 0.1) is 11.8 Å². The number of rotatable bonds is 6. The van der Waals surface area contributed by atoms with Crippen LogP contribution in [0.2, 0.25) is 0 Å². The van der Waals surface area contributed by atoms with Crippen molar-refractivity contribution >= 4 is 28.9 Å². The first kappa shape index (κ1) is 16.9. The van der Waals surface area contributed by atoms with Crippen LogP contribution >= 0.6 is 23.1 Å². The first-order chi connectivity index (χ1) is 11.5. The Hall–Kier alpha value is -1.99. The molecule has 0 aliphatic heterocycles. The number of tetrazole rings is 1. The highest BCUT2D eigenvalue weighted by Gasteiger charge is 2.21. The average molecular weight is 358 g/mol. The SMILES string of the molecule is Cc1ccc(C)c(C(=O)C(C)Sc2nnnn2Cc2cccs2)c1. The fraction of sp³-hybridized carbons (Fsp3) is 0.294. The number of aryl methyl sites for hydroxylation is 2. The molecule has 0 saturated carbocycles. The molecule has 0 aliphatic rings. The van der Waals surface area contributed by atoms with E-state index in [0.717, 1.165) is 16.7 Å². The number of thiophene rings is 1. The first-order valence-corrected chi connectivity index (χ1v) is 9.37. The van der Waals surface area contributed by atoms with Crippen LogP contribution in [0.15, 0.2) is 40.9 Å². The van der Waals surface area contributed by atoms with Crippen molar-refractivity contribution in [3.05, 3.63) is 57.3 Å². The summed E-state index contributed by atoms with van der Waals surface area (Å²) in [6.45, 7) is 6.48. The fourth-order valence-corrected chi connectivity index (χ4v) is 3.90. The van der Waals surface area contributed by atoms with Gasteiger partial charge in [-0.15, -0.1) is 16.4 Å². The molecule has 0 bridgehead atoms. The van der Waals surface area contributed by atoms with Crippen molar-refractivity contribution in [3.63, 3.8) is 0 Å². The highest BCUT2D eigenvalue weighted by Crippen LogP contribution is 2.25. The zero-order valence-electron chi connectivity index (χ0n) is 13.8. The minimum absolute atomic E-state index is 0.104. The summed E-state index contributed by atoms with van der Waals surface area (Å²) in [6, 6.07) is 10.0. The summed E-state index contributed by atoms with van der Waals surface area (Å²) in [5.74, 6) is 0.104. The molecule has 1 unspecified atom stereocenters. The van der Waals surface area contributed by atoms with Crippen molar-refractivity contribution in [2.75, 3.05) is 0 Å². The van der Waals surface area contributed by atoms with Gasteiger partial charge in [0.1, 0.15) is 0 Å². The maximum atomic E-state index is 12.8. The van der Waals surface area contributed by atoms with Crippen molar-refractivity contribution in [2.45, 2.75) is 37.7 Å². The number of hydrogen-bond donors (Lipinski definition) is 0. The molecule has 0 radical (unpaired) electrons. The second-order valence-electron chi connectivity index (χ2n) is 5.64. The van der Waals surface area contributed by atoms with E-state index in [0.29, 0.717) is 11.7 Å². The van der Waals surface area contributed by atoms with Gasteiger partial charge in [0.25, 0.3) is 0 Å². The number of benzene rings is 1. The lowest BCUT2D eigenvalue weighted by Crippen LogP contribution is -2.16. The van der Waals surface area contributed by atoms with E-state index >= 15 is 0 Å². The summed E-state index contributed by atoms with van der Waals surface area (Å²) in [5.41, 5.74) is 2.85. The third kappa shape index (κ3) is 3.73. The third-order valence-electron chi connectivity index (χ3n) is 3.69. The number of carbonyl (C=O) groups excluding carboxylic acids is 1. The molecule has 1 atom stereocenters. The molecule has 0 aliphatic carbocycles. The fourth-order valence-electron chi connectivity index (χ4n) is 2.36. The summed E-state index contributed by atoms with van der Waals surface area (Å²) in [5, 5.41) is 14.3. The number of thioether (sulfide) groups is 1. The van der Waals surface area contributed by atoms with Crippen molar-refractivity contribution in [1.82, 2.24) is 20.2 Å². The molecule has 0 saturated heterocycles. The van der Waals surface area contributed by atoms with Crippen LogP contribution in [0.1, 0.15) is 33.3 Å². The second-order valence-corrected chi connectivity index (χ2v) is 7.98. The first-order valence-electron chi connectivity index (χ1n) is 7.61. The van der Waals surface area contributed by atoms with E-state index in [4.69, 9.17) is 0 Å². The summed E-state index contributed by atoms with van der Waals surface area (Å²) in [7, 11) is 0. The van der Waals surface area contributed by atoms with Crippen molar-refractivity contribution < 1.29 is 4.79 Å². The maximum Gasteiger partial charge on any atom is 0.210 e. The summed E-state index contributed by atoms with van der Waals surface area (Å²) in [6.07, 6.45) is 0. The van der Waals surface area contributed by atoms with Gasteiger partial charge in [0, 0.05) is 10.4 Å². The maximum absolute atomic E-state index is 12.8. The lowest BCUT2D eigenvalue weighted by atomic mass is 10.0. The molecule has 3 rings (SSSR count). The van der Waals surface area contributed by atoms with E-state index in [-0.39, 0.29) is 11.0 Å². The van der Waals surface area contributed by atoms with Crippen LogP contribution in [0.3, 0.4) is 0 Å². The molecule has 24 heavy (non-hydrogen) atoms. The lowest BCUT2D eigenvalue weighted by molar-refractivity contribution is 0.0993. The van der Waals surface area contributed by atoms with E-state index in [9.17, 15) is 4.79 Å². The number of Topliss-reactive ketones (excluding diaryl/α,β-unsaturated/α-hetero) is 1. The summed E-state index contributed by atoms with van der Waals surface area (Å²) in [4.78, 5) is 14.0. The van der Waals surface area contributed by atoms with Crippen LogP contribution < -0.4 is 0 Å². The number of carbonyl (C=O) groups is 1. The predicted molar refractivity (Wildman–Crippen MR) is 96.8 cm³/mol. The van der Waals surface area contributed by atoms with E-state index < -0.39 is 0 Å². The Morgan fingerprint density at radius 2 is 2.17 bits per heavy atom. The van der Waals surface area contributed by atoms with Gasteiger partial charge in [0.2, 0.25) is 5.16 Å². The largest absolute Gasteiger partial charge is 0.293 e. The molecule has 7 heteroatoms. The molecule has 2 aromatic heterocycles. The minimum atomic E-state index is -0.251. The lowest BCUT2D eigenvalue weighted by Gasteiger charge is -2.12. The molecule has 0 spiro atoms. The van der Waals surface area contributed by atoms with Gasteiger partial charge in [-0.25, -0.2) is 4.68 Å². The highest BCUT2D eigenvalue weighted by atomic mass is 32.2. The smallest absolute Gasteiger partial charge is 0.210 e.